The van der Waals surface area contributed by atoms with Crippen LogP contribution in [0.1, 0.15) is 65.7 Å². The minimum Gasteiger partial charge on any atom is -0.390 e. The van der Waals surface area contributed by atoms with Crippen LogP contribution in [0.2, 0.25) is 0 Å². The van der Waals surface area contributed by atoms with E-state index in [4.69, 9.17) is 0 Å². The highest BCUT2D eigenvalue weighted by Crippen LogP contribution is 2.70. The highest BCUT2D eigenvalue weighted by Gasteiger charge is 2.72. The molecule has 3 nitrogen and oxygen atoms in total. The molecule has 0 saturated heterocycles. The van der Waals surface area contributed by atoms with Crippen LogP contribution >= 0.6 is 0 Å². The molecule has 0 aliphatic heterocycles. The lowest BCUT2D eigenvalue weighted by Gasteiger charge is -2.63. The van der Waals surface area contributed by atoms with E-state index in [-0.39, 0.29) is 17.6 Å². The number of fused-ring (bicyclic) bond motifs is 5. The molecule has 4 aliphatic rings. The van der Waals surface area contributed by atoms with Gasteiger partial charge in [-0.3, -0.25) is 4.79 Å². The Morgan fingerprint density at radius 3 is 2.54 bits per heavy atom. The molecule has 1 unspecified atom stereocenters. The zero-order valence-corrected chi connectivity index (χ0v) is 14.9. The molecule has 0 aromatic carbocycles. The van der Waals surface area contributed by atoms with Crippen LogP contribution in [-0.2, 0) is 4.79 Å². The summed E-state index contributed by atoms with van der Waals surface area (Å²) in [7, 11) is 0. The summed E-state index contributed by atoms with van der Waals surface area (Å²) in [5.41, 5.74) is -2.83. The second-order valence-corrected chi connectivity index (χ2v) is 9.44. The summed E-state index contributed by atoms with van der Waals surface area (Å²) < 4.78 is 16.6. The summed E-state index contributed by atoms with van der Waals surface area (Å²) in [4.78, 5) is 11.8. The van der Waals surface area contributed by atoms with Gasteiger partial charge in [-0.2, -0.15) is 0 Å². The number of ketones is 1. The van der Waals surface area contributed by atoms with E-state index in [0.29, 0.717) is 32.1 Å². The average molecular weight is 336 g/mol. The SMILES string of the molecule is C[C@]1(O)CC[C@@H]2[C@@H]3CCC4=CC(=O)CC[C@]4(C)[C@@]3(F)C(O)C[C@@]21C. The number of hydrogen-bond acceptors (Lipinski definition) is 3. The Labute approximate surface area is 143 Å². The van der Waals surface area contributed by atoms with Crippen molar-refractivity contribution in [2.45, 2.75) is 83.1 Å². The molecule has 7 atom stereocenters. The van der Waals surface area contributed by atoms with Crippen molar-refractivity contribution in [1.82, 2.24) is 0 Å². The monoisotopic (exact) mass is 336 g/mol. The molecule has 0 aromatic rings. The summed E-state index contributed by atoms with van der Waals surface area (Å²) in [5.74, 6) is -0.0593. The standard InChI is InChI=1S/C20H29FO3/c1-17-8-6-13(22)10-12(17)4-5-15-14-7-9-19(3,24)18(14,2)11-16(23)20(15,17)21/h10,14-16,23-24H,4-9,11H2,1-3H3/t14-,15+,16?,17+,18+,19+,20+/m1/s1. The number of hydrogen-bond donors (Lipinski definition) is 2. The van der Waals surface area contributed by atoms with Gasteiger partial charge in [0.05, 0.1) is 11.7 Å². The predicted molar refractivity (Wildman–Crippen MR) is 89.1 cm³/mol. The molecule has 0 amide bonds. The van der Waals surface area contributed by atoms with Gasteiger partial charge < -0.3 is 10.2 Å². The first-order valence-electron chi connectivity index (χ1n) is 9.39. The van der Waals surface area contributed by atoms with Crippen LogP contribution in [0, 0.1) is 22.7 Å². The third-order valence-electron chi connectivity index (χ3n) is 8.60. The fourth-order valence-corrected chi connectivity index (χ4v) is 6.79. The molecule has 4 heteroatoms. The topological polar surface area (TPSA) is 57.5 Å². The molecular weight excluding hydrogens is 307 g/mol. The van der Waals surface area contributed by atoms with E-state index >= 15 is 4.39 Å². The van der Waals surface area contributed by atoms with Gasteiger partial charge in [0.1, 0.15) is 5.67 Å². The maximum Gasteiger partial charge on any atom is 0.155 e. The zero-order valence-electron chi connectivity index (χ0n) is 14.9. The Morgan fingerprint density at radius 1 is 1.12 bits per heavy atom. The van der Waals surface area contributed by atoms with E-state index in [9.17, 15) is 15.0 Å². The summed E-state index contributed by atoms with van der Waals surface area (Å²) in [6, 6.07) is 0. The Bertz CT molecular complexity index is 626. The zero-order chi connectivity index (χ0) is 17.5. The van der Waals surface area contributed by atoms with Crippen molar-refractivity contribution in [3.63, 3.8) is 0 Å². The van der Waals surface area contributed by atoms with Crippen LogP contribution in [0.3, 0.4) is 0 Å². The molecule has 3 fully saturated rings. The highest BCUT2D eigenvalue weighted by molar-refractivity contribution is 5.91. The van der Waals surface area contributed by atoms with Gasteiger partial charge in [0, 0.05) is 23.2 Å². The van der Waals surface area contributed by atoms with Crippen LogP contribution in [0.4, 0.5) is 4.39 Å². The smallest absolute Gasteiger partial charge is 0.155 e. The van der Waals surface area contributed by atoms with Crippen molar-refractivity contribution in [3.05, 3.63) is 11.6 Å². The van der Waals surface area contributed by atoms with Gasteiger partial charge in [-0.15, -0.1) is 0 Å². The van der Waals surface area contributed by atoms with E-state index in [1.807, 2.05) is 20.8 Å². The molecule has 0 heterocycles. The quantitative estimate of drug-likeness (QED) is 0.713. The number of allylic oxidation sites excluding steroid dienone is 1. The number of carbonyl (C=O) groups excluding carboxylic acids is 1. The van der Waals surface area contributed by atoms with Crippen molar-refractivity contribution in [2.75, 3.05) is 0 Å². The first kappa shape index (κ1) is 16.7. The number of rotatable bonds is 0. The van der Waals surface area contributed by atoms with E-state index < -0.39 is 28.2 Å². The first-order chi connectivity index (χ1) is 11.1. The number of carbonyl (C=O) groups is 1. The second kappa shape index (κ2) is 4.70. The minimum absolute atomic E-state index is 0.0865. The first-order valence-corrected chi connectivity index (χ1v) is 9.39. The van der Waals surface area contributed by atoms with Crippen LogP contribution < -0.4 is 0 Å². The van der Waals surface area contributed by atoms with Gasteiger partial charge in [-0.25, -0.2) is 4.39 Å². The number of aliphatic hydroxyl groups is 2. The van der Waals surface area contributed by atoms with Crippen LogP contribution in [0.15, 0.2) is 11.6 Å². The van der Waals surface area contributed by atoms with Gasteiger partial charge in [0.25, 0.3) is 0 Å². The van der Waals surface area contributed by atoms with Crippen LogP contribution in [0.5, 0.6) is 0 Å². The Morgan fingerprint density at radius 2 is 1.83 bits per heavy atom. The van der Waals surface area contributed by atoms with Gasteiger partial charge >= 0.3 is 0 Å². The van der Waals surface area contributed by atoms with Gasteiger partial charge in [0.15, 0.2) is 5.78 Å². The molecule has 4 rings (SSSR count). The maximum absolute atomic E-state index is 16.6. The fraction of sp³-hybridized carbons (Fsp3) is 0.850. The molecule has 0 aromatic heterocycles. The summed E-state index contributed by atoms with van der Waals surface area (Å²) in [6.07, 6.45) is 4.60. The Balaban J connectivity index is 1.82. The molecule has 134 valence electrons. The normalized spacial score (nSPS) is 57.0. The van der Waals surface area contributed by atoms with Gasteiger partial charge in [-0.05, 0) is 57.4 Å². The van der Waals surface area contributed by atoms with E-state index in [0.717, 1.165) is 18.4 Å². The largest absolute Gasteiger partial charge is 0.390 e. The molecule has 4 aliphatic carbocycles. The Kier molecular flexibility index (Phi) is 3.27. The summed E-state index contributed by atoms with van der Waals surface area (Å²) in [5, 5.41) is 21.9. The van der Waals surface area contributed by atoms with Crippen molar-refractivity contribution < 1.29 is 19.4 Å². The number of alkyl halides is 1. The maximum atomic E-state index is 16.6. The van der Waals surface area contributed by atoms with E-state index in [1.165, 1.54) is 0 Å². The Hall–Kier alpha value is -0.740. The van der Waals surface area contributed by atoms with Gasteiger partial charge in [-0.1, -0.05) is 19.4 Å². The number of aliphatic hydroxyl groups excluding tert-OH is 1. The molecule has 0 radical (unpaired) electrons. The molecule has 2 N–H and O–H groups in total. The highest BCUT2D eigenvalue weighted by atomic mass is 19.1. The van der Waals surface area contributed by atoms with E-state index in [2.05, 4.69) is 0 Å². The van der Waals surface area contributed by atoms with Crippen molar-refractivity contribution >= 4 is 5.78 Å². The minimum atomic E-state index is -1.69. The van der Waals surface area contributed by atoms with Crippen molar-refractivity contribution in [1.29, 1.82) is 0 Å². The average Bonchev–Trinajstić information content (AvgIpc) is 2.72. The molecule has 3 saturated carbocycles. The lowest BCUT2D eigenvalue weighted by Crippen LogP contribution is -2.68. The summed E-state index contributed by atoms with van der Waals surface area (Å²) >= 11 is 0. The lowest BCUT2D eigenvalue weighted by molar-refractivity contribution is -0.225. The van der Waals surface area contributed by atoms with Crippen LogP contribution in [0.25, 0.3) is 0 Å². The lowest BCUT2D eigenvalue weighted by atomic mass is 9.44. The molecule has 0 bridgehead atoms. The van der Waals surface area contributed by atoms with Crippen molar-refractivity contribution in [2.24, 2.45) is 22.7 Å². The third kappa shape index (κ3) is 1.72. The molecule has 24 heavy (non-hydrogen) atoms. The molecule has 0 spiro atoms. The molecular formula is C20H29FO3. The van der Waals surface area contributed by atoms with Crippen LogP contribution in [-0.4, -0.2) is 33.4 Å². The number of halogens is 1. The van der Waals surface area contributed by atoms with E-state index in [1.54, 1.807) is 6.08 Å². The second-order valence-electron chi connectivity index (χ2n) is 9.44. The third-order valence-corrected chi connectivity index (χ3v) is 8.60. The fourth-order valence-electron chi connectivity index (χ4n) is 6.79. The van der Waals surface area contributed by atoms with Gasteiger partial charge in [0.2, 0.25) is 0 Å². The predicted octanol–water partition coefficient (Wildman–Crippen LogP) is 3.33. The van der Waals surface area contributed by atoms with Crippen molar-refractivity contribution in [3.8, 4) is 0 Å². The summed E-state index contributed by atoms with van der Waals surface area (Å²) in [6.45, 7) is 5.79.